The van der Waals surface area contributed by atoms with Gasteiger partial charge in [-0.2, -0.15) is 0 Å². The molecule has 1 N–H and O–H groups in total. The van der Waals surface area contributed by atoms with E-state index in [9.17, 15) is 13.6 Å². The molecule has 19 heavy (non-hydrogen) atoms. The van der Waals surface area contributed by atoms with E-state index in [0.29, 0.717) is 19.5 Å². The van der Waals surface area contributed by atoms with Gasteiger partial charge in [0.1, 0.15) is 11.6 Å². The van der Waals surface area contributed by atoms with Crippen LogP contribution in [0.5, 0.6) is 0 Å². The lowest BCUT2D eigenvalue weighted by Crippen LogP contribution is -2.34. The summed E-state index contributed by atoms with van der Waals surface area (Å²) in [6.07, 6.45) is 0.528. The first-order valence-electron chi connectivity index (χ1n) is 6.39. The SMILES string of the molecule is CNCCN(C)C(=O)C1CC1c1c(F)cccc1F. The highest BCUT2D eigenvalue weighted by atomic mass is 19.1. The van der Waals surface area contributed by atoms with Crippen LogP contribution in [0.25, 0.3) is 0 Å². The number of nitrogens with one attached hydrogen (secondary N) is 1. The maximum atomic E-state index is 13.6. The third-order valence-electron chi connectivity index (χ3n) is 3.55. The van der Waals surface area contributed by atoms with E-state index < -0.39 is 11.6 Å². The topological polar surface area (TPSA) is 32.3 Å². The number of carbonyl (C=O) groups is 1. The number of carbonyl (C=O) groups excluding carboxylic acids is 1. The molecule has 1 saturated carbocycles. The number of rotatable bonds is 5. The third kappa shape index (κ3) is 2.92. The highest BCUT2D eigenvalue weighted by Gasteiger charge is 2.47. The van der Waals surface area contributed by atoms with Gasteiger partial charge in [0.2, 0.25) is 5.91 Å². The van der Waals surface area contributed by atoms with E-state index in [4.69, 9.17) is 0 Å². The number of hydrogen-bond donors (Lipinski definition) is 1. The van der Waals surface area contributed by atoms with Crippen LogP contribution in [0, 0.1) is 17.6 Å². The summed E-state index contributed by atoms with van der Waals surface area (Å²) < 4.78 is 27.2. The van der Waals surface area contributed by atoms with Crippen LogP contribution in [0.1, 0.15) is 17.9 Å². The number of amides is 1. The van der Waals surface area contributed by atoms with E-state index in [1.165, 1.54) is 18.2 Å². The Hall–Kier alpha value is -1.49. The van der Waals surface area contributed by atoms with Crippen molar-refractivity contribution in [1.82, 2.24) is 10.2 Å². The first kappa shape index (κ1) is 13.9. The maximum Gasteiger partial charge on any atom is 0.226 e. The van der Waals surface area contributed by atoms with Crippen molar-refractivity contribution in [2.75, 3.05) is 27.2 Å². The predicted molar refractivity (Wildman–Crippen MR) is 68.8 cm³/mol. The van der Waals surface area contributed by atoms with Crippen LogP contribution in [0.3, 0.4) is 0 Å². The van der Waals surface area contributed by atoms with Gasteiger partial charge in [0.05, 0.1) is 0 Å². The van der Waals surface area contributed by atoms with Gasteiger partial charge in [-0.05, 0) is 25.6 Å². The van der Waals surface area contributed by atoms with Gasteiger partial charge in [0, 0.05) is 37.5 Å². The van der Waals surface area contributed by atoms with Crippen LogP contribution in [-0.2, 0) is 4.79 Å². The van der Waals surface area contributed by atoms with E-state index in [-0.39, 0.29) is 23.3 Å². The molecule has 1 aromatic rings. The largest absolute Gasteiger partial charge is 0.344 e. The second-order valence-electron chi connectivity index (χ2n) is 4.95. The molecule has 0 radical (unpaired) electrons. The smallest absolute Gasteiger partial charge is 0.226 e. The fraction of sp³-hybridized carbons (Fsp3) is 0.500. The van der Waals surface area contributed by atoms with Crippen molar-refractivity contribution in [3.8, 4) is 0 Å². The molecule has 3 nitrogen and oxygen atoms in total. The van der Waals surface area contributed by atoms with Gasteiger partial charge >= 0.3 is 0 Å². The van der Waals surface area contributed by atoms with Crippen molar-refractivity contribution in [1.29, 1.82) is 0 Å². The Kier molecular flexibility index (Phi) is 4.14. The summed E-state index contributed by atoms with van der Waals surface area (Å²) in [5, 5.41) is 2.96. The molecular weight excluding hydrogens is 250 g/mol. The van der Waals surface area contributed by atoms with E-state index in [2.05, 4.69) is 5.32 Å². The number of likely N-dealkylation sites (N-methyl/N-ethyl adjacent to an activating group) is 2. The molecule has 1 aliphatic carbocycles. The monoisotopic (exact) mass is 268 g/mol. The standard InChI is InChI=1S/C14H18F2N2O/c1-17-6-7-18(2)14(19)10-8-9(10)13-11(15)4-3-5-12(13)16/h3-5,9-10,17H,6-8H2,1-2H3. The molecule has 1 fully saturated rings. The zero-order valence-corrected chi connectivity index (χ0v) is 11.1. The Morgan fingerprint density at radius 3 is 2.63 bits per heavy atom. The fourth-order valence-electron chi connectivity index (χ4n) is 2.32. The molecule has 1 amide bonds. The van der Waals surface area contributed by atoms with Crippen LogP contribution in [0.4, 0.5) is 8.78 Å². The first-order chi connectivity index (χ1) is 9.06. The van der Waals surface area contributed by atoms with Crippen LogP contribution >= 0.6 is 0 Å². The molecule has 0 spiro atoms. The molecule has 104 valence electrons. The number of nitrogens with zero attached hydrogens (tertiary/aromatic N) is 1. The second kappa shape index (κ2) is 5.65. The van der Waals surface area contributed by atoms with Crippen molar-refractivity contribution >= 4 is 5.91 Å². The minimum Gasteiger partial charge on any atom is -0.344 e. The Bertz CT molecular complexity index is 458. The second-order valence-corrected chi connectivity index (χ2v) is 4.95. The minimum absolute atomic E-state index is 0.0390. The lowest BCUT2D eigenvalue weighted by molar-refractivity contribution is -0.131. The van der Waals surface area contributed by atoms with Gasteiger partial charge in [0.15, 0.2) is 0 Å². The highest BCUT2D eigenvalue weighted by Crippen LogP contribution is 2.49. The number of hydrogen-bond acceptors (Lipinski definition) is 2. The summed E-state index contributed by atoms with van der Waals surface area (Å²) in [6, 6.07) is 3.82. The lowest BCUT2D eigenvalue weighted by atomic mass is 10.1. The average molecular weight is 268 g/mol. The molecule has 2 atom stereocenters. The summed E-state index contributed by atoms with van der Waals surface area (Å²) in [5.41, 5.74) is 0.0582. The minimum atomic E-state index is -0.557. The molecule has 0 bridgehead atoms. The van der Waals surface area contributed by atoms with Gasteiger partial charge in [0.25, 0.3) is 0 Å². The van der Waals surface area contributed by atoms with Gasteiger partial charge < -0.3 is 10.2 Å². The molecule has 0 aliphatic heterocycles. The predicted octanol–water partition coefficient (Wildman–Crippen LogP) is 1.75. The molecule has 5 heteroatoms. The van der Waals surface area contributed by atoms with Gasteiger partial charge in [-0.25, -0.2) is 8.78 Å². The summed E-state index contributed by atoms with van der Waals surface area (Å²) in [7, 11) is 3.53. The third-order valence-corrected chi connectivity index (χ3v) is 3.55. The zero-order valence-electron chi connectivity index (χ0n) is 11.1. The molecule has 2 rings (SSSR count). The van der Waals surface area contributed by atoms with Crippen LogP contribution in [-0.4, -0.2) is 38.0 Å². The average Bonchev–Trinajstić information content (AvgIpc) is 3.15. The van der Waals surface area contributed by atoms with Gasteiger partial charge in [-0.15, -0.1) is 0 Å². The van der Waals surface area contributed by atoms with Gasteiger partial charge in [-0.1, -0.05) is 6.07 Å². The molecule has 1 aliphatic rings. The molecule has 2 unspecified atom stereocenters. The number of halogens is 2. The maximum absolute atomic E-state index is 13.6. The molecule has 0 aromatic heterocycles. The molecule has 0 heterocycles. The van der Waals surface area contributed by atoms with Gasteiger partial charge in [-0.3, -0.25) is 4.79 Å². The van der Waals surface area contributed by atoms with Crippen LogP contribution in [0.15, 0.2) is 18.2 Å². The van der Waals surface area contributed by atoms with Crippen LogP contribution in [0.2, 0.25) is 0 Å². The van der Waals surface area contributed by atoms with E-state index >= 15 is 0 Å². The molecule has 0 saturated heterocycles. The Labute approximate surface area is 111 Å². The summed E-state index contributed by atoms with van der Waals surface area (Å²) in [5.74, 6) is -1.75. The fourth-order valence-corrected chi connectivity index (χ4v) is 2.32. The van der Waals surface area contributed by atoms with E-state index in [0.717, 1.165) is 0 Å². The van der Waals surface area contributed by atoms with Crippen molar-refractivity contribution < 1.29 is 13.6 Å². The summed E-state index contributed by atoms with van der Waals surface area (Å²) in [4.78, 5) is 13.7. The van der Waals surface area contributed by atoms with E-state index in [1.807, 2.05) is 7.05 Å². The normalized spacial score (nSPS) is 21.3. The highest BCUT2D eigenvalue weighted by molar-refractivity contribution is 5.82. The quantitative estimate of drug-likeness (QED) is 0.882. The number of benzene rings is 1. The van der Waals surface area contributed by atoms with Crippen molar-refractivity contribution in [3.05, 3.63) is 35.4 Å². The Balaban J connectivity index is 2.02. The van der Waals surface area contributed by atoms with Crippen molar-refractivity contribution in [2.45, 2.75) is 12.3 Å². The summed E-state index contributed by atoms with van der Waals surface area (Å²) >= 11 is 0. The first-order valence-corrected chi connectivity index (χ1v) is 6.39. The van der Waals surface area contributed by atoms with Crippen LogP contribution < -0.4 is 5.32 Å². The molecular formula is C14H18F2N2O. The summed E-state index contributed by atoms with van der Waals surface area (Å²) in [6.45, 7) is 1.30. The Morgan fingerprint density at radius 1 is 1.42 bits per heavy atom. The van der Waals surface area contributed by atoms with Crippen molar-refractivity contribution in [2.24, 2.45) is 5.92 Å². The Morgan fingerprint density at radius 2 is 2.05 bits per heavy atom. The van der Waals surface area contributed by atoms with Crippen molar-refractivity contribution in [3.63, 3.8) is 0 Å². The lowest BCUT2D eigenvalue weighted by Gasteiger charge is -2.17. The van der Waals surface area contributed by atoms with E-state index in [1.54, 1.807) is 11.9 Å². The molecule has 1 aromatic carbocycles. The zero-order chi connectivity index (χ0) is 14.0.